The third kappa shape index (κ3) is 1.74. The lowest BCUT2D eigenvalue weighted by Crippen LogP contribution is -2.15. The first-order chi connectivity index (χ1) is 8.66. The number of imidazole rings is 1. The van der Waals surface area contributed by atoms with Crippen molar-refractivity contribution < 1.29 is 0 Å². The van der Waals surface area contributed by atoms with E-state index in [0.29, 0.717) is 0 Å². The third-order valence-electron chi connectivity index (χ3n) is 3.20. The summed E-state index contributed by atoms with van der Waals surface area (Å²) < 4.78 is 2.08. The highest BCUT2D eigenvalue weighted by molar-refractivity contribution is 7.10. The molecule has 0 saturated heterocycles. The summed E-state index contributed by atoms with van der Waals surface area (Å²) in [5, 5.41) is 2.04. The van der Waals surface area contributed by atoms with Crippen molar-refractivity contribution in [2.24, 2.45) is 12.8 Å². The van der Waals surface area contributed by atoms with Gasteiger partial charge in [-0.05, 0) is 36.1 Å². The molecule has 2 heterocycles. The molecule has 3 nitrogen and oxygen atoms in total. The fraction of sp³-hybridized carbons (Fsp3) is 0.214. The number of aryl methyl sites for hydroxylation is 2. The number of thiophene rings is 1. The molecule has 1 unspecified atom stereocenters. The highest BCUT2D eigenvalue weighted by atomic mass is 32.1. The minimum atomic E-state index is -0.150. The van der Waals surface area contributed by atoms with Crippen LogP contribution >= 0.6 is 11.3 Å². The van der Waals surface area contributed by atoms with Crippen LogP contribution in [0.2, 0.25) is 0 Å². The molecule has 92 valence electrons. The van der Waals surface area contributed by atoms with E-state index in [1.54, 1.807) is 11.3 Å². The van der Waals surface area contributed by atoms with E-state index >= 15 is 0 Å². The summed E-state index contributed by atoms with van der Waals surface area (Å²) in [7, 11) is 2.02. The van der Waals surface area contributed by atoms with Gasteiger partial charge in [0, 0.05) is 11.9 Å². The molecule has 0 radical (unpaired) electrons. The van der Waals surface area contributed by atoms with Gasteiger partial charge in [0.05, 0.1) is 17.1 Å². The summed E-state index contributed by atoms with van der Waals surface area (Å²) in [5.74, 6) is 0.915. The highest BCUT2D eigenvalue weighted by Gasteiger charge is 2.17. The maximum absolute atomic E-state index is 6.29. The van der Waals surface area contributed by atoms with E-state index in [0.717, 1.165) is 21.7 Å². The smallest absolute Gasteiger partial charge is 0.132 e. The number of nitrogens with two attached hydrogens (primary N) is 1. The molecule has 4 heteroatoms. The fourth-order valence-corrected chi connectivity index (χ4v) is 2.93. The highest BCUT2D eigenvalue weighted by Crippen LogP contribution is 2.26. The van der Waals surface area contributed by atoms with E-state index in [-0.39, 0.29) is 6.04 Å². The zero-order chi connectivity index (χ0) is 12.7. The Labute approximate surface area is 110 Å². The molecule has 0 aliphatic heterocycles. The molecular weight excluding hydrogens is 242 g/mol. The molecule has 0 bridgehead atoms. The Balaban J connectivity index is 2.15. The van der Waals surface area contributed by atoms with Gasteiger partial charge in [-0.1, -0.05) is 12.1 Å². The first-order valence-corrected chi connectivity index (χ1v) is 6.77. The molecule has 18 heavy (non-hydrogen) atoms. The predicted molar refractivity (Wildman–Crippen MR) is 75.8 cm³/mol. The van der Waals surface area contributed by atoms with Crippen LogP contribution in [-0.4, -0.2) is 9.55 Å². The van der Waals surface area contributed by atoms with Crippen molar-refractivity contribution in [3.63, 3.8) is 0 Å². The number of nitrogens with zero attached hydrogens (tertiary/aromatic N) is 2. The quantitative estimate of drug-likeness (QED) is 0.767. The molecule has 2 aromatic heterocycles. The number of hydrogen-bond acceptors (Lipinski definition) is 3. The molecular formula is C14H15N3S. The molecule has 1 atom stereocenters. The maximum Gasteiger partial charge on any atom is 0.132 e. The van der Waals surface area contributed by atoms with E-state index < -0.39 is 0 Å². The number of rotatable bonds is 2. The second-order valence-corrected chi connectivity index (χ2v) is 5.49. The van der Waals surface area contributed by atoms with Crippen molar-refractivity contribution in [3.05, 3.63) is 52.0 Å². The third-order valence-corrected chi connectivity index (χ3v) is 4.15. The minimum Gasteiger partial charge on any atom is -0.329 e. The lowest BCUT2D eigenvalue weighted by molar-refractivity contribution is 0.738. The first kappa shape index (κ1) is 11.4. The Kier molecular flexibility index (Phi) is 2.69. The van der Waals surface area contributed by atoms with E-state index in [2.05, 4.69) is 40.7 Å². The second-order valence-electron chi connectivity index (χ2n) is 4.51. The lowest BCUT2D eigenvalue weighted by Gasteiger charge is -2.09. The van der Waals surface area contributed by atoms with Gasteiger partial charge in [0.1, 0.15) is 5.82 Å². The molecule has 0 fully saturated rings. The zero-order valence-electron chi connectivity index (χ0n) is 10.4. The van der Waals surface area contributed by atoms with Crippen LogP contribution in [-0.2, 0) is 7.05 Å². The van der Waals surface area contributed by atoms with Crippen LogP contribution in [0.15, 0.2) is 35.7 Å². The summed E-state index contributed by atoms with van der Waals surface area (Å²) in [5.41, 5.74) is 9.65. The number of aromatic nitrogens is 2. The van der Waals surface area contributed by atoms with Crippen LogP contribution in [0.1, 0.15) is 22.3 Å². The Morgan fingerprint density at radius 3 is 2.89 bits per heavy atom. The second kappa shape index (κ2) is 4.23. The topological polar surface area (TPSA) is 43.8 Å². The molecule has 3 aromatic rings. The van der Waals surface area contributed by atoms with Gasteiger partial charge in [-0.25, -0.2) is 4.98 Å². The van der Waals surface area contributed by atoms with E-state index in [9.17, 15) is 0 Å². The number of hydrogen-bond donors (Lipinski definition) is 1. The monoisotopic (exact) mass is 257 g/mol. The summed E-state index contributed by atoms with van der Waals surface area (Å²) in [6.07, 6.45) is 0. The van der Waals surface area contributed by atoms with Crippen LogP contribution in [0.3, 0.4) is 0 Å². The molecule has 1 aromatic carbocycles. The van der Waals surface area contributed by atoms with Crippen molar-refractivity contribution in [3.8, 4) is 0 Å². The van der Waals surface area contributed by atoms with E-state index in [1.165, 1.54) is 5.56 Å². The standard InChI is InChI=1S/C14H15N3S/c1-9-5-6-11-10(8-9)16-14(17(11)2)13(15)12-4-3-7-18-12/h3-8,13H,15H2,1-2H3. The largest absolute Gasteiger partial charge is 0.329 e. The average Bonchev–Trinajstić information content (AvgIpc) is 2.97. The Bertz CT molecular complexity index is 682. The first-order valence-electron chi connectivity index (χ1n) is 5.89. The molecule has 0 amide bonds. The average molecular weight is 257 g/mol. The van der Waals surface area contributed by atoms with E-state index in [4.69, 9.17) is 5.73 Å². The lowest BCUT2D eigenvalue weighted by atomic mass is 10.2. The van der Waals surface area contributed by atoms with Crippen molar-refractivity contribution in [1.29, 1.82) is 0 Å². The van der Waals surface area contributed by atoms with Crippen LogP contribution in [0, 0.1) is 6.92 Å². The molecule has 3 rings (SSSR count). The minimum absolute atomic E-state index is 0.150. The zero-order valence-corrected chi connectivity index (χ0v) is 11.2. The molecule has 0 aliphatic carbocycles. The Hall–Kier alpha value is -1.65. The Morgan fingerprint density at radius 2 is 2.17 bits per heavy atom. The van der Waals surface area contributed by atoms with Crippen molar-refractivity contribution in [2.75, 3.05) is 0 Å². The van der Waals surface area contributed by atoms with Gasteiger partial charge in [-0.2, -0.15) is 0 Å². The van der Waals surface area contributed by atoms with Crippen molar-refractivity contribution >= 4 is 22.4 Å². The van der Waals surface area contributed by atoms with Gasteiger partial charge < -0.3 is 10.3 Å². The molecule has 0 saturated carbocycles. The van der Waals surface area contributed by atoms with Crippen LogP contribution in [0.5, 0.6) is 0 Å². The number of fused-ring (bicyclic) bond motifs is 1. The maximum atomic E-state index is 6.29. The molecule has 2 N–H and O–H groups in total. The Morgan fingerprint density at radius 1 is 1.33 bits per heavy atom. The van der Waals surface area contributed by atoms with Crippen molar-refractivity contribution in [1.82, 2.24) is 9.55 Å². The summed E-state index contributed by atoms with van der Waals surface area (Å²) in [6, 6.07) is 10.2. The molecule has 0 spiro atoms. The summed E-state index contributed by atoms with van der Waals surface area (Å²) in [6.45, 7) is 2.08. The summed E-state index contributed by atoms with van der Waals surface area (Å²) in [4.78, 5) is 5.82. The van der Waals surface area contributed by atoms with Gasteiger partial charge in [0.2, 0.25) is 0 Å². The number of benzene rings is 1. The fourth-order valence-electron chi connectivity index (χ4n) is 2.20. The van der Waals surface area contributed by atoms with Crippen molar-refractivity contribution in [2.45, 2.75) is 13.0 Å². The van der Waals surface area contributed by atoms with Crippen LogP contribution < -0.4 is 5.73 Å². The van der Waals surface area contributed by atoms with E-state index in [1.807, 2.05) is 18.5 Å². The normalized spacial score (nSPS) is 13.1. The van der Waals surface area contributed by atoms with Gasteiger partial charge in [0.15, 0.2) is 0 Å². The predicted octanol–water partition coefficient (Wildman–Crippen LogP) is 2.99. The summed E-state index contributed by atoms with van der Waals surface area (Å²) >= 11 is 1.67. The molecule has 0 aliphatic rings. The van der Waals surface area contributed by atoms with Gasteiger partial charge >= 0.3 is 0 Å². The van der Waals surface area contributed by atoms with Crippen LogP contribution in [0.25, 0.3) is 11.0 Å². The van der Waals surface area contributed by atoms with Gasteiger partial charge in [0.25, 0.3) is 0 Å². The van der Waals surface area contributed by atoms with Gasteiger partial charge in [-0.3, -0.25) is 0 Å². The van der Waals surface area contributed by atoms with Gasteiger partial charge in [-0.15, -0.1) is 11.3 Å². The SMILES string of the molecule is Cc1ccc2c(c1)nc(C(N)c1cccs1)n2C. The van der Waals surface area contributed by atoms with Crippen LogP contribution in [0.4, 0.5) is 0 Å².